The summed E-state index contributed by atoms with van der Waals surface area (Å²) in [6.07, 6.45) is 5.19. The molecule has 0 radical (unpaired) electrons. The van der Waals surface area contributed by atoms with Crippen molar-refractivity contribution in [2.75, 3.05) is 6.54 Å². The van der Waals surface area contributed by atoms with Gasteiger partial charge in [-0.1, -0.05) is 38.3 Å². The van der Waals surface area contributed by atoms with Crippen LogP contribution < -0.4 is 5.32 Å². The molecular formula is C12H17ClN2O. The topological polar surface area (TPSA) is 42.0 Å². The van der Waals surface area contributed by atoms with E-state index in [1.54, 1.807) is 12.3 Å². The predicted octanol–water partition coefficient (Wildman–Crippen LogP) is 2.90. The number of pyridine rings is 1. The minimum absolute atomic E-state index is 0.126. The minimum Gasteiger partial charge on any atom is -0.352 e. The highest BCUT2D eigenvalue weighted by Gasteiger charge is 2.11. The fraction of sp³-hybridized carbons (Fsp3) is 0.500. The second-order valence-electron chi connectivity index (χ2n) is 3.75. The lowest BCUT2D eigenvalue weighted by atomic mass is 10.0. The average molecular weight is 241 g/mol. The lowest BCUT2D eigenvalue weighted by Gasteiger charge is -2.13. The van der Waals surface area contributed by atoms with Crippen LogP contribution in [0, 0.1) is 5.92 Å². The summed E-state index contributed by atoms with van der Waals surface area (Å²) >= 11 is 5.88. The SMILES string of the molecule is CCC(CC)CNC(=O)c1ccncc1Cl. The molecule has 4 heteroatoms. The largest absolute Gasteiger partial charge is 0.352 e. The number of halogens is 1. The van der Waals surface area contributed by atoms with Crippen molar-refractivity contribution in [3.8, 4) is 0 Å². The first kappa shape index (κ1) is 13.0. The molecule has 0 atom stereocenters. The zero-order valence-corrected chi connectivity index (χ0v) is 10.4. The standard InChI is InChI=1S/C12H17ClN2O/c1-3-9(4-2)7-15-12(16)10-5-6-14-8-11(10)13/h5-6,8-9H,3-4,7H2,1-2H3,(H,15,16). The van der Waals surface area contributed by atoms with Gasteiger partial charge in [0.25, 0.3) is 5.91 Å². The van der Waals surface area contributed by atoms with Crippen LogP contribution in [0.5, 0.6) is 0 Å². The summed E-state index contributed by atoms with van der Waals surface area (Å²) in [7, 11) is 0. The number of nitrogens with zero attached hydrogens (tertiary/aromatic N) is 1. The highest BCUT2D eigenvalue weighted by molar-refractivity contribution is 6.33. The number of aromatic nitrogens is 1. The van der Waals surface area contributed by atoms with E-state index in [9.17, 15) is 4.79 Å². The number of amides is 1. The molecule has 0 saturated heterocycles. The van der Waals surface area contributed by atoms with Crippen molar-refractivity contribution in [2.45, 2.75) is 26.7 Å². The Labute approximate surface area is 101 Å². The molecule has 0 saturated carbocycles. The molecule has 1 aromatic heterocycles. The van der Waals surface area contributed by atoms with Crippen molar-refractivity contribution in [1.29, 1.82) is 0 Å². The van der Waals surface area contributed by atoms with Crippen molar-refractivity contribution in [1.82, 2.24) is 10.3 Å². The molecule has 0 spiro atoms. The van der Waals surface area contributed by atoms with E-state index in [2.05, 4.69) is 24.1 Å². The molecule has 3 nitrogen and oxygen atoms in total. The predicted molar refractivity (Wildman–Crippen MR) is 65.7 cm³/mol. The van der Waals surface area contributed by atoms with Gasteiger partial charge in [-0.15, -0.1) is 0 Å². The molecule has 0 unspecified atom stereocenters. The highest BCUT2D eigenvalue weighted by atomic mass is 35.5. The number of carbonyl (C=O) groups is 1. The quantitative estimate of drug-likeness (QED) is 0.860. The summed E-state index contributed by atoms with van der Waals surface area (Å²) in [5, 5.41) is 3.28. The molecule has 1 rings (SSSR count). The van der Waals surface area contributed by atoms with Gasteiger partial charge in [0.2, 0.25) is 0 Å². The maximum atomic E-state index is 11.8. The number of rotatable bonds is 5. The monoisotopic (exact) mass is 240 g/mol. The second kappa shape index (κ2) is 6.48. The molecule has 0 aromatic carbocycles. The fourth-order valence-electron chi connectivity index (χ4n) is 1.47. The van der Waals surface area contributed by atoms with Crippen LogP contribution in [0.4, 0.5) is 0 Å². The Morgan fingerprint density at radius 1 is 1.50 bits per heavy atom. The summed E-state index contributed by atoms with van der Waals surface area (Å²) in [6, 6.07) is 1.63. The molecule has 0 fully saturated rings. The van der Waals surface area contributed by atoms with E-state index in [-0.39, 0.29) is 5.91 Å². The minimum atomic E-state index is -0.126. The van der Waals surface area contributed by atoms with Crippen LogP contribution in [0.3, 0.4) is 0 Å². The molecule has 0 aliphatic heterocycles. The zero-order valence-electron chi connectivity index (χ0n) is 9.66. The average Bonchev–Trinajstić information content (AvgIpc) is 2.30. The molecule has 88 valence electrons. The van der Waals surface area contributed by atoms with E-state index in [0.717, 1.165) is 12.8 Å². The highest BCUT2D eigenvalue weighted by Crippen LogP contribution is 2.13. The second-order valence-corrected chi connectivity index (χ2v) is 4.16. The van der Waals surface area contributed by atoms with Gasteiger partial charge in [0.1, 0.15) is 0 Å². The van der Waals surface area contributed by atoms with E-state index in [1.807, 2.05) is 0 Å². The van der Waals surface area contributed by atoms with Crippen LogP contribution in [0.1, 0.15) is 37.0 Å². The Morgan fingerprint density at radius 2 is 2.19 bits per heavy atom. The van der Waals surface area contributed by atoms with E-state index in [4.69, 9.17) is 11.6 Å². The molecule has 1 amide bonds. The maximum absolute atomic E-state index is 11.8. The Hall–Kier alpha value is -1.09. The third kappa shape index (κ3) is 3.49. The van der Waals surface area contributed by atoms with E-state index >= 15 is 0 Å². The summed E-state index contributed by atoms with van der Waals surface area (Å²) in [5.74, 6) is 0.406. The van der Waals surface area contributed by atoms with Crippen LogP contribution in [0.2, 0.25) is 5.02 Å². The first-order valence-electron chi connectivity index (χ1n) is 5.56. The smallest absolute Gasteiger partial charge is 0.252 e. The fourth-order valence-corrected chi connectivity index (χ4v) is 1.67. The van der Waals surface area contributed by atoms with Gasteiger partial charge in [0.15, 0.2) is 0 Å². The van der Waals surface area contributed by atoms with Crippen LogP contribution in [-0.2, 0) is 0 Å². The first-order valence-corrected chi connectivity index (χ1v) is 5.94. The third-order valence-corrected chi connectivity index (χ3v) is 3.02. The Kier molecular flexibility index (Phi) is 5.26. The van der Waals surface area contributed by atoms with Gasteiger partial charge < -0.3 is 5.32 Å². The van der Waals surface area contributed by atoms with Crippen molar-refractivity contribution in [3.63, 3.8) is 0 Å². The Morgan fingerprint density at radius 3 is 2.75 bits per heavy atom. The van der Waals surface area contributed by atoms with Crippen LogP contribution in [0.15, 0.2) is 18.5 Å². The zero-order chi connectivity index (χ0) is 12.0. The summed E-state index contributed by atoms with van der Waals surface area (Å²) in [4.78, 5) is 15.6. The van der Waals surface area contributed by atoms with Crippen molar-refractivity contribution in [3.05, 3.63) is 29.0 Å². The lowest BCUT2D eigenvalue weighted by Crippen LogP contribution is -2.29. The molecule has 0 bridgehead atoms. The molecule has 0 aliphatic rings. The number of carbonyl (C=O) groups excluding carboxylic acids is 1. The van der Waals surface area contributed by atoms with Crippen molar-refractivity contribution in [2.24, 2.45) is 5.92 Å². The molecular weight excluding hydrogens is 224 g/mol. The van der Waals surface area contributed by atoms with E-state index in [0.29, 0.717) is 23.0 Å². The summed E-state index contributed by atoms with van der Waals surface area (Å²) < 4.78 is 0. The van der Waals surface area contributed by atoms with Gasteiger partial charge in [-0.3, -0.25) is 9.78 Å². The molecule has 1 heterocycles. The van der Waals surface area contributed by atoms with Gasteiger partial charge in [-0.2, -0.15) is 0 Å². The van der Waals surface area contributed by atoms with Gasteiger partial charge in [-0.05, 0) is 12.0 Å². The third-order valence-electron chi connectivity index (χ3n) is 2.72. The lowest BCUT2D eigenvalue weighted by molar-refractivity contribution is 0.0946. The van der Waals surface area contributed by atoms with E-state index in [1.165, 1.54) is 6.20 Å². The van der Waals surface area contributed by atoms with Crippen molar-refractivity contribution >= 4 is 17.5 Å². The van der Waals surface area contributed by atoms with Gasteiger partial charge in [0.05, 0.1) is 10.6 Å². The van der Waals surface area contributed by atoms with Crippen LogP contribution >= 0.6 is 11.6 Å². The summed E-state index contributed by atoms with van der Waals surface area (Å²) in [6.45, 7) is 4.95. The first-order chi connectivity index (χ1) is 7.69. The molecule has 1 N–H and O–H groups in total. The van der Waals surface area contributed by atoms with Gasteiger partial charge >= 0.3 is 0 Å². The van der Waals surface area contributed by atoms with Crippen LogP contribution in [0.25, 0.3) is 0 Å². The normalized spacial score (nSPS) is 10.5. The number of nitrogens with one attached hydrogen (secondary N) is 1. The molecule has 1 aromatic rings. The molecule has 0 aliphatic carbocycles. The van der Waals surface area contributed by atoms with Crippen LogP contribution in [-0.4, -0.2) is 17.4 Å². The molecule has 16 heavy (non-hydrogen) atoms. The van der Waals surface area contributed by atoms with Crippen molar-refractivity contribution < 1.29 is 4.79 Å². The van der Waals surface area contributed by atoms with Gasteiger partial charge in [0, 0.05) is 18.9 Å². The number of hydrogen-bond donors (Lipinski definition) is 1. The van der Waals surface area contributed by atoms with Gasteiger partial charge in [-0.25, -0.2) is 0 Å². The Balaban J connectivity index is 2.56. The number of hydrogen-bond acceptors (Lipinski definition) is 2. The van der Waals surface area contributed by atoms with E-state index < -0.39 is 0 Å². The maximum Gasteiger partial charge on any atom is 0.252 e. The summed E-state index contributed by atoms with van der Waals surface area (Å²) in [5.41, 5.74) is 0.489. The Bertz CT molecular complexity index is 351.